The first-order valence-corrected chi connectivity index (χ1v) is 4.48. The van der Waals surface area contributed by atoms with Crippen LogP contribution in [0.3, 0.4) is 0 Å². The number of rotatable bonds is 3. The second-order valence-corrected chi connectivity index (χ2v) is 3.47. The number of nitrogens with one attached hydrogen (secondary N) is 1. The molecular formula is C9H14N2O3. The van der Waals surface area contributed by atoms with E-state index >= 15 is 0 Å². The maximum Gasteiger partial charge on any atom is 0.310 e. The third-order valence-corrected chi connectivity index (χ3v) is 2.14. The Bertz CT molecular complexity index is 273. The highest BCUT2D eigenvalue weighted by atomic mass is 16.4. The number of aliphatic carboxylic acids is 1. The molecule has 0 heterocycles. The molecule has 0 fully saturated rings. The van der Waals surface area contributed by atoms with Crippen molar-refractivity contribution in [2.24, 2.45) is 11.7 Å². The molecule has 14 heavy (non-hydrogen) atoms. The minimum Gasteiger partial charge on any atom is -0.481 e. The number of carbonyl (C=O) groups excluding carboxylic acids is 1. The lowest BCUT2D eigenvalue weighted by Gasteiger charge is -2.13. The zero-order valence-electron chi connectivity index (χ0n) is 7.93. The lowest BCUT2D eigenvalue weighted by atomic mass is 10.1. The van der Waals surface area contributed by atoms with Crippen LogP contribution in [0, 0.1) is 5.92 Å². The molecule has 0 aliphatic heterocycles. The molecule has 1 aliphatic carbocycles. The zero-order chi connectivity index (χ0) is 10.7. The fraction of sp³-hybridized carbons (Fsp3) is 0.556. The van der Waals surface area contributed by atoms with Crippen LogP contribution in [0.15, 0.2) is 12.2 Å². The number of hydrogen-bond acceptors (Lipinski definition) is 3. The van der Waals surface area contributed by atoms with Crippen molar-refractivity contribution in [2.75, 3.05) is 0 Å². The third kappa shape index (κ3) is 2.56. The summed E-state index contributed by atoms with van der Waals surface area (Å²) in [4.78, 5) is 21.7. The van der Waals surface area contributed by atoms with E-state index in [1.165, 1.54) is 0 Å². The summed E-state index contributed by atoms with van der Waals surface area (Å²) in [5.74, 6) is -1.61. The van der Waals surface area contributed by atoms with Gasteiger partial charge in [0, 0.05) is 6.04 Å². The molecule has 0 radical (unpaired) electrons. The van der Waals surface area contributed by atoms with Crippen LogP contribution < -0.4 is 11.1 Å². The normalized spacial score (nSPS) is 27.3. The van der Waals surface area contributed by atoms with Gasteiger partial charge in [-0.15, -0.1) is 0 Å². The number of carboxylic acids is 1. The van der Waals surface area contributed by atoms with Crippen LogP contribution in [0.1, 0.15) is 13.3 Å². The van der Waals surface area contributed by atoms with Crippen LogP contribution in [-0.4, -0.2) is 29.1 Å². The molecule has 0 aromatic heterocycles. The van der Waals surface area contributed by atoms with Gasteiger partial charge >= 0.3 is 5.97 Å². The van der Waals surface area contributed by atoms with Crippen molar-refractivity contribution >= 4 is 11.9 Å². The quantitative estimate of drug-likeness (QED) is 0.532. The molecule has 4 N–H and O–H groups in total. The van der Waals surface area contributed by atoms with Gasteiger partial charge in [-0.25, -0.2) is 0 Å². The number of carbonyl (C=O) groups is 2. The first kappa shape index (κ1) is 10.7. The summed E-state index contributed by atoms with van der Waals surface area (Å²) < 4.78 is 0. The summed E-state index contributed by atoms with van der Waals surface area (Å²) in [7, 11) is 0. The summed E-state index contributed by atoms with van der Waals surface area (Å²) in [6, 6.07) is -0.762. The van der Waals surface area contributed by atoms with E-state index in [9.17, 15) is 9.59 Å². The lowest BCUT2D eigenvalue weighted by Crippen LogP contribution is -2.42. The molecule has 0 saturated heterocycles. The molecule has 0 aromatic rings. The SMILES string of the molecule is C[C@@H](N)C(=O)NC1C=CC(C(=O)O)C1. The minimum absolute atomic E-state index is 0.199. The van der Waals surface area contributed by atoms with Crippen LogP contribution in [0.5, 0.6) is 0 Å². The second kappa shape index (κ2) is 4.23. The van der Waals surface area contributed by atoms with Gasteiger partial charge in [0.1, 0.15) is 0 Å². The monoisotopic (exact) mass is 198 g/mol. The Labute approximate surface area is 82.0 Å². The fourth-order valence-electron chi connectivity index (χ4n) is 1.30. The lowest BCUT2D eigenvalue weighted by molar-refractivity contribution is -0.140. The molecule has 1 amide bonds. The Morgan fingerprint density at radius 1 is 1.57 bits per heavy atom. The van der Waals surface area contributed by atoms with Crippen molar-refractivity contribution in [1.82, 2.24) is 5.32 Å². The molecule has 78 valence electrons. The molecule has 0 spiro atoms. The van der Waals surface area contributed by atoms with Gasteiger partial charge in [0.25, 0.3) is 0 Å². The average molecular weight is 198 g/mol. The molecule has 0 bridgehead atoms. The van der Waals surface area contributed by atoms with Gasteiger partial charge in [-0.2, -0.15) is 0 Å². The maximum atomic E-state index is 11.2. The zero-order valence-corrected chi connectivity index (χ0v) is 7.93. The van der Waals surface area contributed by atoms with E-state index in [0.29, 0.717) is 6.42 Å². The van der Waals surface area contributed by atoms with E-state index in [2.05, 4.69) is 5.32 Å². The van der Waals surface area contributed by atoms with Crippen molar-refractivity contribution in [2.45, 2.75) is 25.4 Å². The Hall–Kier alpha value is -1.36. The standard InChI is InChI=1S/C9H14N2O3/c1-5(10)8(12)11-7-3-2-6(4-7)9(13)14/h2-3,5-7H,4,10H2,1H3,(H,11,12)(H,13,14)/t5-,6?,7?/m1/s1. The van der Waals surface area contributed by atoms with Crippen molar-refractivity contribution in [3.8, 4) is 0 Å². The van der Waals surface area contributed by atoms with Gasteiger partial charge in [-0.1, -0.05) is 12.2 Å². The van der Waals surface area contributed by atoms with Crippen molar-refractivity contribution in [3.63, 3.8) is 0 Å². The molecule has 5 nitrogen and oxygen atoms in total. The van der Waals surface area contributed by atoms with Gasteiger partial charge in [-0.3, -0.25) is 9.59 Å². The van der Waals surface area contributed by atoms with Gasteiger partial charge < -0.3 is 16.2 Å². The summed E-state index contributed by atoms with van der Waals surface area (Å²) in [6.45, 7) is 1.59. The Morgan fingerprint density at radius 3 is 2.64 bits per heavy atom. The van der Waals surface area contributed by atoms with E-state index in [4.69, 9.17) is 10.8 Å². The smallest absolute Gasteiger partial charge is 0.310 e. The fourth-order valence-corrected chi connectivity index (χ4v) is 1.30. The topological polar surface area (TPSA) is 92.4 Å². The highest BCUT2D eigenvalue weighted by molar-refractivity contribution is 5.82. The van der Waals surface area contributed by atoms with Crippen molar-refractivity contribution in [3.05, 3.63) is 12.2 Å². The predicted molar refractivity (Wildman–Crippen MR) is 50.5 cm³/mol. The van der Waals surface area contributed by atoms with Crippen molar-refractivity contribution < 1.29 is 14.7 Å². The first-order valence-electron chi connectivity index (χ1n) is 4.48. The Morgan fingerprint density at radius 2 is 2.21 bits per heavy atom. The molecule has 0 aromatic carbocycles. The Balaban J connectivity index is 2.41. The van der Waals surface area contributed by atoms with E-state index in [1.54, 1.807) is 19.1 Å². The molecular weight excluding hydrogens is 184 g/mol. The van der Waals surface area contributed by atoms with Gasteiger partial charge in [0.15, 0.2) is 0 Å². The van der Waals surface area contributed by atoms with E-state index in [0.717, 1.165) is 0 Å². The van der Waals surface area contributed by atoms with Crippen LogP contribution in [0.25, 0.3) is 0 Å². The minimum atomic E-state index is -0.862. The van der Waals surface area contributed by atoms with Gasteiger partial charge in [0.2, 0.25) is 5.91 Å². The highest BCUT2D eigenvalue weighted by Crippen LogP contribution is 2.17. The second-order valence-electron chi connectivity index (χ2n) is 3.47. The van der Waals surface area contributed by atoms with Crippen LogP contribution >= 0.6 is 0 Å². The third-order valence-electron chi connectivity index (χ3n) is 2.14. The molecule has 3 atom stereocenters. The largest absolute Gasteiger partial charge is 0.481 e. The number of nitrogens with two attached hydrogens (primary N) is 1. The van der Waals surface area contributed by atoms with Crippen molar-refractivity contribution in [1.29, 1.82) is 0 Å². The summed E-state index contributed by atoms with van der Waals surface area (Å²) in [6.07, 6.45) is 3.70. The average Bonchev–Trinajstić information content (AvgIpc) is 2.52. The number of hydrogen-bond donors (Lipinski definition) is 3. The Kier molecular flexibility index (Phi) is 3.24. The van der Waals surface area contributed by atoms with Crippen LogP contribution in [0.2, 0.25) is 0 Å². The maximum absolute atomic E-state index is 11.2. The summed E-state index contributed by atoms with van der Waals surface area (Å²) in [5.41, 5.74) is 5.36. The first-order chi connectivity index (χ1) is 6.50. The predicted octanol–water partition coefficient (Wildman–Crippen LogP) is -0.521. The van der Waals surface area contributed by atoms with Gasteiger partial charge in [0.05, 0.1) is 12.0 Å². The van der Waals surface area contributed by atoms with E-state index < -0.39 is 17.9 Å². The van der Waals surface area contributed by atoms with E-state index in [-0.39, 0.29) is 11.9 Å². The van der Waals surface area contributed by atoms with Crippen LogP contribution in [-0.2, 0) is 9.59 Å². The number of carboxylic acid groups (broad SMARTS) is 1. The summed E-state index contributed by atoms with van der Waals surface area (Å²) >= 11 is 0. The molecule has 2 unspecified atom stereocenters. The molecule has 1 rings (SSSR count). The van der Waals surface area contributed by atoms with Crippen LogP contribution in [0.4, 0.5) is 0 Å². The summed E-state index contributed by atoms with van der Waals surface area (Å²) in [5, 5.41) is 11.3. The molecule has 0 saturated carbocycles. The highest BCUT2D eigenvalue weighted by Gasteiger charge is 2.25. The van der Waals surface area contributed by atoms with Gasteiger partial charge in [-0.05, 0) is 13.3 Å². The van der Waals surface area contributed by atoms with E-state index in [1.807, 2.05) is 0 Å². The number of amides is 1. The molecule has 1 aliphatic rings. The molecule has 5 heteroatoms.